The van der Waals surface area contributed by atoms with Gasteiger partial charge in [0.25, 0.3) is 0 Å². The van der Waals surface area contributed by atoms with Crippen LogP contribution in [0.5, 0.6) is 0 Å². The normalized spacial score (nSPS) is 31.8. The van der Waals surface area contributed by atoms with Gasteiger partial charge in [0.1, 0.15) is 11.4 Å². The lowest BCUT2D eigenvalue weighted by atomic mass is 9.78. The minimum atomic E-state index is -0.391. The van der Waals surface area contributed by atoms with Crippen LogP contribution in [0.15, 0.2) is 17.6 Å². The summed E-state index contributed by atoms with van der Waals surface area (Å²) in [5.41, 5.74) is 5.80. The molecule has 0 aromatic rings. The molecular weight excluding hydrogens is 234 g/mol. The number of thioether (sulfide) groups is 1. The molecule has 2 heterocycles. The van der Waals surface area contributed by atoms with E-state index >= 15 is 0 Å². The van der Waals surface area contributed by atoms with E-state index in [0.29, 0.717) is 12.4 Å². The van der Waals surface area contributed by atoms with Crippen molar-refractivity contribution in [1.29, 1.82) is 0 Å². The standard InChI is InChI=1S/C12H19N3OS/c1-4-5-15-10(16)14-9(13)12(15)6-11(2,3)7-17-8-12/h4H,1,5-8H2,2-3H3,(H2,13,14,16). The molecule has 5 heteroatoms. The Bertz CT molecular complexity index is 391. The quantitative estimate of drug-likeness (QED) is 0.764. The minimum absolute atomic E-state index is 0.174. The van der Waals surface area contributed by atoms with Gasteiger partial charge in [0.15, 0.2) is 0 Å². The number of urea groups is 1. The highest BCUT2D eigenvalue weighted by Gasteiger charge is 2.52. The van der Waals surface area contributed by atoms with Gasteiger partial charge >= 0.3 is 6.03 Å². The molecule has 0 saturated carbocycles. The monoisotopic (exact) mass is 253 g/mol. The first-order valence-corrected chi connectivity index (χ1v) is 6.92. The number of nitrogens with two attached hydrogens (primary N) is 1. The molecule has 2 N–H and O–H groups in total. The van der Waals surface area contributed by atoms with E-state index in [-0.39, 0.29) is 11.4 Å². The zero-order valence-corrected chi connectivity index (χ0v) is 11.2. The summed E-state index contributed by atoms with van der Waals surface area (Å²) in [7, 11) is 0. The fourth-order valence-corrected chi connectivity index (χ4v) is 4.20. The van der Waals surface area contributed by atoms with Crippen molar-refractivity contribution in [3.8, 4) is 0 Å². The maximum atomic E-state index is 11.9. The maximum Gasteiger partial charge on any atom is 0.346 e. The number of carbonyl (C=O) groups is 1. The Morgan fingerprint density at radius 1 is 1.59 bits per heavy atom. The third kappa shape index (κ3) is 1.97. The van der Waals surface area contributed by atoms with Gasteiger partial charge in [-0.25, -0.2) is 4.79 Å². The Morgan fingerprint density at radius 2 is 2.29 bits per heavy atom. The predicted octanol–water partition coefficient (Wildman–Crippen LogP) is 1.87. The molecule has 0 radical (unpaired) electrons. The van der Waals surface area contributed by atoms with Crippen molar-refractivity contribution in [2.75, 3.05) is 18.1 Å². The molecule has 4 nitrogen and oxygen atoms in total. The smallest absolute Gasteiger partial charge is 0.346 e. The molecule has 0 aromatic heterocycles. The van der Waals surface area contributed by atoms with E-state index in [1.807, 2.05) is 11.8 Å². The molecule has 94 valence electrons. The molecule has 1 unspecified atom stereocenters. The zero-order valence-electron chi connectivity index (χ0n) is 10.4. The molecule has 1 saturated heterocycles. The van der Waals surface area contributed by atoms with Gasteiger partial charge in [-0.15, -0.1) is 6.58 Å². The van der Waals surface area contributed by atoms with Crippen molar-refractivity contribution in [2.24, 2.45) is 16.1 Å². The molecule has 2 aliphatic heterocycles. The van der Waals surface area contributed by atoms with E-state index in [1.165, 1.54) is 0 Å². The lowest BCUT2D eigenvalue weighted by Gasteiger charge is -2.46. The maximum absolute atomic E-state index is 11.9. The summed E-state index contributed by atoms with van der Waals surface area (Å²) in [5.74, 6) is 2.41. The van der Waals surface area contributed by atoms with Gasteiger partial charge in [-0.3, -0.25) is 0 Å². The average Bonchev–Trinajstić information content (AvgIpc) is 2.42. The van der Waals surface area contributed by atoms with Crippen molar-refractivity contribution in [1.82, 2.24) is 4.90 Å². The van der Waals surface area contributed by atoms with Crippen molar-refractivity contribution in [2.45, 2.75) is 25.8 Å². The minimum Gasteiger partial charge on any atom is -0.385 e. The fraction of sp³-hybridized carbons (Fsp3) is 0.667. The van der Waals surface area contributed by atoms with Crippen LogP contribution in [0.2, 0.25) is 0 Å². The van der Waals surface area contributed by atoms with Crippen LogP contribution in [-0.4, -0.2) is 40.4 Å². The Labute approximate surface area is 106 Å². The number of hydrogen-bond acceptors (Lipinski definition) is 3. The van der Waals surface area contributed by atoms with Gasteiger partial charge in [-0.2, -0.15) is 16.8 Å². The van der Waals surface area contributed by atoms with Crippen molar-refractivity contribution < 1.29 is 4.79 Å². The Kier molecular flexibility index (Phi) is 2.97. The van der Waals surface area contributed by atoms with Crippen LogP contribution in [0.4, 0.5) is 4.79 Å². The van der Waals surface area contributed by atoms with E-state index < -0.39 is 5.54 Å². The average molecular weight is 253 g/mol. The summed E-state index contributed by atoms with van der Waals surface area (Å²) in [6.45, 7) is 8.64. The van der Waals surface area contributed by atoms with Gasteiger partial charge < -0.3 is 10.6 Å². The number of nitrogens with zero attached hydrogens (tertiary/aromatic N) is 2. The molecule has 1 spiro atoms. The van der Waals surface area contributed by atoms with Gasteiger partial charge in [-0.1, -0.05) is 19.9 Å². The highest BCUT2D eigenvalue weighted by atomic mass is 32.2. The molecule has 0 aliphatic carbocycles. The van der Waals surface area contributed by atoms with Crippen LogP contribution >= 0.6 is 11.8 Å². The first-order chi connectivity index (χ1) is 7.91. The molecule has 2 aliphatic rings. The van der Waals surface area contributed by atoms with Gasteiger partial charge in [0.05, 0.1) is 0 Å². The third-order valence-corrected chi connectivity index (χ3v) is 5.02. The third-order valence-electron chi connectivity index (χ3n) is 3.36. The Hall–Kier alpha value is -0.970. The number of rotatable bonds is 2. The number of hydrogen-bond donors (Lipinski definition) is 1. The van der Waals surface area contributed by atoms with Crippen LogP contribution in [0.25, 0.3) is 0 Å². The van der Waals surface area contributed by atoms with Crippen molar-refractivity contribution in [3.05, 3.63) is 12.7 Å². The molecular formula is C12H19N3OS. The second kappa shape index (κ2) is 4.05. The van der Waals surface area contributed by atoms with Crippen LogP contribution in [0.1, 0.15) is 20.3 Å². The van der Waals surface area contributed by atoms with Gasteiger partial charge in [0.2, 0.25) is 0 Å². The predicted molar refractivity (Wildman–Crippen MR) is 72.4 cm³/mol. The molecule has 2 rings (SSSR count). The van der Waals surface area contributed by atoms with E-state index in [0.717, 1.165) is 17.9 Å². The van der Waals surface area contributed by atoms with Gasteiger partial charge in [0, 0.05) is 12.3 Å². The van der Waals surface area contributed by atoms with E-state index in [1.54, 1.807) is 11.0 Å². The first kappa shape index (κ1) is 12.5. The van der Waals surface area contributed by atoms with E-state index in [2.05, 4.69) is 25.4 Å². The summed E-state index contributed by atoms with van der Waals surface area (Å²) >= 11 is 1.84. The topological polar surface area (TPSA) is 58.7 Å². The Balaban J connectivity index is 2.35. The summed E-state index contributed by atoms with van der Waals surface area (Å²) in [5, 5.41) is 0. The molecule has 0 aromatic carbocycles. The molecule has 1 fully saturated rings. The summed E-state index contributed by atoms with van der Waals surface area (Å²) in [6.07, 6.45) is 2.61. The number of aliphatic imine (C=N–C) groups is 1. The van der Waals surface area contributed by atoms with Crippen LogP contribution < -0.4 is 5.73 Å². The summed E-state index contributed by atoms with van der Waals surface area (Å²) in [6, 6.07) is -0.222. The SMILES string of the molecule is C=CCN1C(=O)N=C(N)C12CSCC(C)(C)C2. The van der Waals surface area contributed by atoms with Crippen LogP contribution in [0, 0.1) is 5.41 Å². The summed E-state index contributed by atoms with van der Waals surface area (Å²) in [4.78, 5) is 17.6. The van der Waals surface area contributed by atoms with Crippen molar-refractivity contribution >= 4 is 23.6 Å². The molecule has 2 amide bonds. The molecule has 1 atom stereocenters. The molecule has 17 heavy (non-hydrogen) atoms. The van der Waals surface area contributed by atoms with E-state index in [4.69, 9.17) is 5.73 Å². The van der Waals surface area contributed by atoms with Crippen molar-refractivity contribution in [3.63, 3.8) is 0 Å². The second-order valence-corrected chi connectivity index (χ2v) is 6.53. The highest BCUT2D eigenvalue weighted by molar-refractivity contribution is 7.99. The summed E-state index contributed by atoms with van der Waals surface area (Å²) < 4.78 is 0. The second-order valence-electron chi connectivity index (χ2n) is 5.54. The lowest BCUT2D eigenvalue weighted by molar-refractivity contribution is 0.156. The van der Waals surface area contributed by atoms with Crippen LogP contribution in [-0.2, 0) is 0 Å². The first-order valence-electron chi connectivity index (χ1n) is 5.76. The number of amidine groups is 1. The number of amides is 2. The molecule has 0 bridgehead atoms. The van der Waals surface area contributed by atoms with Gasteiger partial charge in [-0.05, 0) is 17.6 Å². The largest absolute Gasteiger partial charge is 0.385 e. The Morgan fingerprint density at radius 3 is 2.88 bits per heavy atom. The van der Waals surface area contributed by atoms with Crippen LogP contribution in [0.3, 0.4) is 0 Å². The fourth-order valence-electron chi connectivity index (χ4n) is 2.70. The van der Waals surface area contributed by atoms with E-state index in [9.17, 15) is 4.79 Å². The lowest BCUT2D eigenvalue weighted by Crippen LogP contribution is -2.60. The highest BCUT2D eigenvalue weighted by Crippen LogP contribution is 2.44. The number of carbonyl (C=O) groups excluding carboxylic acids is 1. The zero-order chi connectivity index (χ0) is 12.7.